The standard InChI is InChI=1S/C15H12ClNO2/c16-12-6-2-1-5-11(12)15(18)17-9-10-19-14-8-4-3-7-13(14)17/h1-8H,9-10H2. The number of halogens is 1. The third-order valence-electron chi connectivity index (χ3n) is 3.08. The Morgan fingerprint density at radius 1 is 1.11 bits per heavy atom. The van der Waals surface area contributed by atoms with Crippen LogP contribution in [0.2, 0.25) is 5.02 Å². The van der Waals surface area contributed by atoms with Crippen molar-refractivity contribution in [2.45, 2.75) is 0 Å². The topological polar surface area (TPSA) is 29.5 Å². The van der Waals surface area contributed by atoms with Gasteiger partial charge in [0, 0.05) is 0 Å². The first kappa shape index (κ1) is 12.1. The van der Waals surface area contributed by atoms with Crippen molar-refractivity contribution in [2.24, 2.45) is 0 Å². The maximum Gasteiger partial charge on any atom is 0.260 e. The Morgan fingerprint density at radius 3 is 2.68 bits per heavy atom. The highest BCUT2D eigenvalue weighted by molar-refractivity contribution is 6.34. The summed E-state index contributed by atoms with van der Waals surface area (Å²) in [6, 6.07) is 14.6. The van der Waals surface area contributed by atoms with E-state index in [1.165, 1.54) is 0 Å². The van der Waals surface area contributed by atoms with Gasteiger partial charge in [-0.25, -0.2) is 0 Å². The first-order valence-electron chi connectivity index (χ1n) is 6.05. The van der Waals surface area contributed by atoms with Gasteiger partial charge in [0.2, 0.25) is 0 Å². The summed E-state index contributed by atoms with van der Waals surface area (Å²) in [5.74, 6) is 0.635. The summed E-state index contributed by atoms with van der Waals surface area (Å²) < 4.78 is 5.54. The molecule has 4 heteroatoms. The van der Waals surface area contributed by atoms with Crippen LogP contribution in [0.15, 0.2) is 48.5 Å². The van der Waals surface area contributed by atoms with E-state index >= 15 is 0 Å². The number of nitrogens with zero attached hydrogens (tertiary/aromatic N) is 1. The molecule has 0 saturated heterocycles. The number of hydrogen-bond acceptors (Lipinski definition) is 2. The van der Waals surface area contributed by atoms with Crippen LogP contribution in [0, 0.1) is 0 Å². The molecule has 0 saturated carbocycles. The summed E-state index contributed by atoms with van der Waals surface area (Å²) >= 11 is 6.09. The Kier molecular flexibility index (Phi) is 3.13. The number of para-hydroxylation sites is 2. The molecule has 1 heterocycles. The Balaban J connectivity index is 2.00. The third kappa shape index (κ3) is 2.17. The second kappa shape index (κ2) is 4.94. The van der Waals surface area contributed by atoms with Crippen molar-refractivity contribution in [1.82, 2.24) is 0 Å². The lowest BCUT2D eigenvalue weighted by Gasteiger charge is -2.29. The number of hydrogen-bond donors (Lipinski definition) is 0. The highest BCUT2D eigenvalue weighted by Gasteiger charge is 2.25. The fraction of sp³-hybridized carbons (Fsp3) is 0.133. The van der Waals surface area contributed by atoms with Gasteiger partial charge in [-0.3, -0.25) is 4.79 Å². The van der Waals surface area contributed by atoms with E-state index in [1.807, 2.05) is 36.4 Å². The van der Waals surface area contributed by atoms with Crippen LogP contribution in [0.25, 0.3) is 0 Å². The Morgan fingerprint density at radius 2 is 1.84 bits per heavy atom. The molecule has 0 radical (unpaired) electrons. The first-order chi connectivity index (χ1) is 9.27. The monoisotopic (exact) mass is 273 g/mol. The largest absolute Gasteiger partial charge is 0.490 e. The van der Waals surface area contributed by atoms with E-state index in [0.29, 0.717) is 23.7 Å². The van der Waals surface area contributed by atoms with Crippen molar-refractivity contribution in [1.29, 1.82) is 0 Å². The summed E-state index contributed by atoms with van der Waals surface area (Å²) in [7, 11) is 0. The fourth-order valence-electron chi connectivity index (χ4n) is 2.16. The maximum absolute atomic E-state index is 12.6. The van der Waals surface area contributed by atoms with Crippen molar-refractivity contribution < 1.29 is 9.53 Å². The molecule has 1 aliphatic heterocycles. The second-order valence-electron chi connectivity index (χ2n) is 4.25. The quantitative estimate of drug-likeness (QED) is 0.797. The number of anilines is 1. The predicted octanol–water partition coefficient (Wildman–Crippen LogP) is 3.38. The van der Waals surface area contributed by atoms with Gasteiger partial charge in [0.1, 0.15) is 12.4 Å². The van der Waals surface area contributed by atoms with Crippen molar-refractivity contribution >= 4 is 23.2 Å². The average molecular weight is 274 g/mol. The number of benzene rings is 2. The first-order valence-corrected chi connectivity index (χ1v) is 6.43. The Hall–Kier alpha value is -2.00. The molecule has 0 bridgehead atoms. The van der Waals surface area contributed by atoms with Gasteiger partial charge in [-0.15, -0.1) is 0 Å². The average Bonchev–Trinajstić information content (AvgIpc) is 2.46. The van der Waals surface area contributed by atoms with E-state index in [1.54, 1.807) is 17.0 Å². The molecular weight excluding hydrogens is 262 g/mol. The molecule has 0 aliphatic carbocycles. The van der Waals surface area contributed by atoms with Gasteiger partial charge >= 0.3 is 0 Å². The van der Waals surface area contributed by atoms with E-state index in [9.17, 15) is 4.79 Å². The number of ether oxygens (including phenoxy) is 1. The number of fused-ring (bicyclic) bond motifs is 1. The highest BCUT2D eigenvalue weighted by atomic mass is 35.5. The molecule has 1 amide bonds. The zero-order chi connectivity index (χ0) is 13.2. The van der Waals surface area contributed by atoms with Crippen LogP contribution in [0.5, 0.6) is 5.75 Å². The van der Waals surface area contributed by atoms with Crippen molar-refractivity contribution in [2.75, 3.05) is 18.1 Å². The number of carbonyl (C=O) groups is 1. The van der Waals surface area contributed by atoms with E-state index in [-0.39, 0.29) is 5.91 Å². The van der Waals surface area contributed by atoms with Crippen LogP contribution in [-0.2, 0) is 0 Å². The van der Waals surface area contributed by atoms with Gasteiger partial charge < -0.3 is 9.64 Å². The highest BCUT2D eigenvalue weighted by Crippen LogP contribution is 2.32. The minimum Gasteiger partial charge on any atom is -0.490 e. The van der Waals surface area contributed by atoms with E-state index in [2.05, 4.69) is 0 Å². The van der Waals surface area contributed by atoms with Crippen molar-refractivity contribution in [3.63, 3.8) is 0 Å². The van der Waals surface area contributed by atoms with E-state index in [0.717, 1.165) is 11.4 Å². The summed E-state index contributed by atoms with van der Waals surface area (Å²) in [6.07, 6.45) is 0. The van der Waals surface area contributed by atoms with Crippen LogP contribution in [-0.4, -0.2) is 19.1 Å². The number of amides is 1. The zero-order valence-corrected chi connectivity index (χ0v) is 10.9. The molecule has 19 heavy (non-hydrogen) atoms. The third-order valence-corrected chi connectivity index (χ3v) is 3.41. The SMILES string of the molecule is O=C(c1ccccc1Cl)N1CCOc2ccccc21. The van der Waals surface area contributed by atoms with Gasteiger partial charge in [0.05, 0.1) is 22.8 Å². The number of carbonyl (C=O) groups excluding carboxylic acids is 1. The molecule has 0 N–H and O–H groups in total. The smallest absolute Gasteiger partial charge is 0.260 e. The molecule has 0 spiro atoms. The molecule has 0 aromatic heterocycles. The maximum atomic E-state index is 12.6. The van der Waals surface area contributed by atoms with Crippen LogP contribution in [0.3, 0.4) is 0 Å². The minimum absolute atomic E-state index is 0.0960. The molecule has 0 atom stereocenters. The molecule has 3 rings (SSSR count). The van der Waals surface area contributed by atoms with Crippen LogP contribution in [0.4, 0.5) is 5.69 Å². The molecule has 0 fully saturated rings. The van der Waals surface area contributed by atoms with Gasteiger partial charge in [-0.05, 0) is 24.3 Å². The molecular formula is C15H12ClNO2. The Labute approximate surface area is 116 Å². The lowest BCUT2D eigenvalue weighted by Crippen LogP contribution is -2.38. The molecule has 3 nitrogen and oxygen atoms in total. The van der Waals surface area contributed by atoms with Crippen LogP contribution < -0.4 is 9.64 Å². The summed E-state index contributed by atoms with van der Waals surface area (Å²) in [5.41, 5.74) is 1.31. The minimum atomic E-state index is -0.0960. The van der Waals surface area contributed by atoms with E-state index in [4.69, 9.17) is 16.3 Å². The lowest BCUT2D eigenvalue weighted by atomic mass is 10.1. The fourth-order valence-corrected chi connectivity index (χ4v) is 2.38. The Bertz CT molecular complexity index is 627. The van der Waals surface area contributed by atoms with Gasteiger partial charge in [-0.2, -0.15) is 0 Å². The normalized spacial score (nSPS) is 13.6. The second-order valence-corrected chi connectivity index (χ2v) is 4.66. The molecule has 2 aromatic rings. The van der Waals surface area contributed by atoms with Gasteiger partial charge in [0.15, 0.2) is 0 Å². The van der Waals surface area contributed by atoms with Crippen LogP contribution in [0.1, 0.15) is 10.4 Å². The van der Waals surface area contributed by atoms with Crippen LogP contribution >= 0.6 is 11.6 Å². The number of rotatable bonds is 1. The van der Waals surface area contributed by atoms with Crippen molar-refractivity contribution in [3.05, 3.63) is 59.1 Å². The molecule has 2 aromatic carbocycles. The van der Waals surface area contributed by atoms with Gasteiger partial charge in [-0.1, -0.05) is 35.9 Å². The summed E-state index contributed by atoms with van der Waals surface area (Å²) in [4.78, 5) is 14.3. The zero-order valence-electron chi connectivity index (χ0n) is 10.2. The van der Waals surface area contributed by atoms with E-state index < -0.39 is 0 Å². The van der Waals surface area contributed by atoms with Gasteiger partial charge in [0.25, 0.3) is 5.91 Å². The van der Waals surface area contributed by atoms with Crippen molar-refractivity contribution in [3.8, 4) is 5.75 Å². The molecule has 0 unspecified atom stereocenters. The molecule has 1 aliphatic rings. The summed E-state index contributed by atoms with van der Waals surface area (Å²) in [5, 5.41) is 0.469. The lowest BCUT2D eigenvalue weighted by molar-refractivity contribution is 0.0976. The summed E-state index contributed by atoms with van der Waals surface area (Å²) in [6.45, 7) is 1.02. The molecule has 96 valence electrons. The predicted molar refractivity (Wildman–Crippen MR) is 75.1 cm³/mol.